The van der Waals surface area contributed by atoms with Gasteiger partial charge in [0.2, 0.25) is 0 Å². The van der Waals surface area contributed by atoms with E-state index in [0.717, 1.165) is 0 Å². The zero-order chi connectivity index (χ0) is 7.66. The van der Waals surface area contributed by atoms with Gasteiger partial charge in [-0.2, -0.15) is 18.3 Å². The number of H-pyrrole nitrogens is 1. The van der Waals surface area contributed by atoms with E-state index in [1.165, 1.54) is 9.57 Å². The normalized spacial score (nSPS) is 5.82. The summed E-state index contributed by atoms with van der Waals surface area (Å²) in [7, 11) is 0. The summed E-state index contributed by atoms with van der Waals surface area (Å²) >= 11 is -0.222. The van der Waals surface area contributed by atoms with Crippen LogP contribution >= 0.6 is 0 Å². The van der Waals surface area contributed by atoms with Crippen molar-refractivity contribution in [1.82, 2.24) is 4.98 Å². The fourth-order valence-corrected chi connectivity index (χ4v) is 0.301. The van der Waals surface area contributed by atoms with Gasteiger partial charge in [0.05, 0.1) is 0 Å². The molecule has 1 rings (SSSR count). The Morgan fingerprint density at radius 1 is 1.36 bits per heavy atom. The Balaban J connectivity index is 0. The summed E-state index contributed by atoms with van der Waals surface area (Å²) in [5.41, 5.74) is 0. The third-order valence-electron chi connectivity index (χ3n) is 0.515. The molecular formula is C7H7FeNO2-2. The van der Waals surface area contributed by atoms with Gasteiger partial charge in [0, 0.05) is 0 Å². The van der Waals surface area contributed by atoms with Crippen LogP contribution in [0.2, 0.25) is 0 Å². The molecule has 4 heteroatoms. The monoisotopic (exact) mass is 193 g/mol. The van der Waals surface area contributed by atoms with E-state index in [0.29, 0.717) is 0 Å². The molecule has 0 radical (unpaired) electrons. The van der Waals surface area contributed by atoms with Gasteiger partial charge in [-0.3, -0.25) is 0 Å². The van der Waals surface area contributed by atoms with E-state index in [-0.39, 0.29) is 21.5 Å². The van der Waals surface area contributed by atoms with E-state index < -0.39 is 0 Å². The predicted molar refractivity (Wildman–Crippen MR) is 37.4 cm³/mol. The van der Waals surface area contributed by atoms with Gasteiger partial charge in [0.1, 0.15) is 0 Å². The van der Waals surface area contributed by atoms with Crippen molar-refractivity contribution >= 4 is 9.57 Å². The molecule has 0 aliphatic carbocycles. The molecule has 1 aromatic rings. The van der Waals surface area contributed by atoms with Gasteiger partial charge in [-0.05, 0) is 0 Å². The standard InChI is InChI=1S/C4H4N.2CO.CH3.Fe/c1-2-4-5-3-1;2*1-2;;/h1-3,5H;;;1H3;/q-1;;;-1;. The summed E-state index contributed by atoms with van der Waals surface area (Å²) < 4.78 is 0. The van der Waals surface area contributed by atoms with Gasteiger partial charge in [-0.25, -0.2) is 0 Å². The van der Waals surface area contributed by atoms with Crippen molar-refractivity contribution < 1.29 is 23.7 Å². The van der Waals surface area contributed by atoms with Crippen LogP contribution in [0.4, 0.5) is 0 Å². The fraction of sp³-hybridized carbons (Fsp3) is 0. The Kier molecular flexibility index (Phi) is 13.4. The summed E-state index contributed by atoms with van der Waals surface area (Å²) in [6.45, 7) is 0. The number of hydrogen-bond acceptors (Lipinski definition) is 2. The number of carbonyl (C=O) groups excluding carboxylic acids is 2. The Morgan fingerprint density at radius 3 is 2.09 bits per heavy atom. The Labute approximate surface area is 70.7 Å². The summed E-state index contributed by atoms with van der Waals surface area (Å²) in [6.07, 6.45) is 4.56. The van der Waals surface area contributed by atoms with Crippen molar-refractivity contribution in [2.24, 2.45) is 0 Å². The summed E-state index contributed by atoms with van der Waals surface area (Å²) in [5.74, 6) is 0. The molecule has 0 aromatic carbocycles. The van der Waals surface area contributed by atoms with Gasteiger partial charge < -0.3 is 12.4 Å². The first-order chi connectivity index (χ1) is 4.91. The zero-order valence-electron chi connectivity index (χ0n) is 5.90. The van der Waals surface area contributed by atoms with Crippen molar-refractivity contribution in [3.8, 4) is 0 Å². The number of hydrogen-bond donors (Lipinski definition) is 1. The molecule has 0 spiro atoms. The van der Waals surface area contributed by atoms with E-state index in [1.54, 1.807) is 0 Å². The second kappa shape index (κ2) is 11.7. The first kappa shape index (κ1) is 12.6. The molecule has 0 unspecified atom stereocenters. The van der Waals surface area contributed by atoms with Crippen molar-refractivity contribution in [2.75, 3.05) is 0 Å². The molecule has 0 aliphatic heterocycles. The van der Waals surface area contributed by atoms with Crippen LogP contribution in [0.5, 0.6) is 0 Å². The average molecular weight is 193 g/mol. The minimum atomic E-state index is -0.222. The Hall–Kier alpha value is -1.04. The van der Waals surface area contributed by atoms with Gasteiger partial charge in [-0.1, -0.05) is 0 Å². The average Bonchev–Trinajstić information content (AvgIpc) is 2.44. The van der Waals surface area contributed by atoms with Crippen LogP contribution in [-0.2, 0) is 23.7 Å². The zero-order valence-corrected chi connectivity index (χ0v) is 7.01. The molecule has 0 atom stereocenters. The second-order valence-corrected chi connectivity index (χ2v) is 1.77. The second-order valence-electron chi connectivity index (χ2n) is 1.05. The predicted octanol–water partition coefficient (Wildman–Crippen LogP) is 0.468. The molecular weight excluding hydrogens is 186 g/mol. The molecule has 0 bridgehead atoms. The SMILES string of the molecule is O=[C]=[Fe]=[C]=O.[CH3-].[c-]1ccc[nH]1. The maximum Gasteiger partial charge on any atom is -0.108 e. The van der Waals surface area contributed by atoms with E-state index in [4.69, 9.17) is 9.59 Å². The molecule has 11 heavy (non-hydrogen) atoms. The number of aromatic amines is 1. The van der Waals surface area contributed by atoms with Crippen LogP contribution in [0.25, 0.3) is 0 Å². The van der Waals surface area contributed by atoms with Gasteiger partial charge in [0.25, 0.3) is 0 Å². The largest absolute Gasteiger partial charge is 0.484 e. The molecule has 0 saturated carbocycles. The molecule has 0 saturated heterocycles. The third-order valence-corrected chi connectivity index (χ3v) is 0.740. The molecule has 1 N–H and O–H groups in total. The summed E-state index contributed by atoms with van der Waals surface area (Å²) in [6, 6.07) is 3.71. The van der Waals surface area contributed by atoms with Crippen molar-refractivity contribution in [2.45, 2.75) is 0 Å². The van der Waals surface area contributed by atoms with E-state index in [2.05, 4.69) is 11.2 Å². The molecule has 0 aliphatic rings. The first-order valence-electron chi connectivity index (χ1n) is 2.26. The van der Waals surface area contributed by atoms with Crippen LogP contribution in [0.3, 0.4) is 0 Å². The maximum absolute atomic E-state index is 9.02. The smallest absolute Gasteiger partial charge is 0.108 e. The Bertz CT molecular complexity index is 223. The van der Waals surface area contributed by atoms with Gasteiger partial charge >= 0.3 is 33.2 Å². The van der Waals surface area contributed by atoms with Crippen LogP contribution in [-0.4, -0.2) is 14.6 Å². The number of nitrogens with one attached hydrogen (secondary N) is 1. The third kappa shape index (κ3) is 12.2. The van der Waals surface area contributed by atoms with Gasteiger partial charge in [-0.15, -0.1) is 6.20 Å². The summed E-state index contributed by atoms with van der Waals surface area (Å²) in [5, 5.41) is 0. The van der Waals surface area contributed by atoms with Gasteiger partial charge in [0.15, 0.2) is 0 Å². The van der Waals surface area contributed by atoms with Crippen LogP contribution in [0.1, 0.15) is 0 Å². The molecule has 0 amide bonds. The van der Waals surface area contributed by atoms with Crippen molar-refractivity contribution in [1.29, 1.82) is 0 Å². The maximum atomic E-state index is 9.02. The Morgan fingerprint density at radius 2 is 2.00 bits per heavy atom. The molecule has 1 heterocycles. The van der Waals surface area contributed by atoms with Crippen molar-refractivity contribution in [3.05, 3.63) is 32.0 Å². The molecule has 62 valence electrons. The molecule has 1 aromatic heterocycles. The van der Waals surface area contributed by atoms with E-state index in [1.807, 2.05) is 18.3 Å². The number of rotatable bonds is 0. The molecule has 3 nitrogen and oxygen atoms in total. The van der Waals surface area contributed by atoms with Crippen molar-refractivity contribution in [3.63, 3.8) is 0 Å². The number of aromatic nitrogens is 1. The molecule has 0 fully saturated rings. The quantitative estimate of drug-likeness (QED) is 0.480. The topological polar surface area (TPSA) is 49.9 Å². The minimum Gasteiger partial charge on any atom is -0.484 e. The van der Waals surface area contributed by atoms with Crippen LogP contribution < -0.4 is 0 Å². The summed E-state index contributed by atoms with van der Waals surface area (Å²) in [4.78, 5) is 23.5. The first-order valence-corrected chi connectivity index (χ1v) is 3.36. The van der Waals surface area contributed by atoms with Crippen LogP contribution in [0.15, 0.2) is 18.3 Å². The minimum absolute atomic E-state index is 0. The van der Waals surface area contributed by atoms with E-state index in [9.17, 15) is 0 Å². The van der Waals surface area contributed by atoms with Crippen LogP contribution in [0, 0.1) is 13.6 Å². The van der Waals surface area contributed by atoms with E-state index >= 15 is 0 Å². The fourth-order valence-electron chi connectivity index (χ4n) is 0.255.